The van der Waals surface area contributed by atoms with Crippen LogP contribution in [-0.2, 0) is 6.42 Å². The van der Waals surface area contributed by atoms with Crippen molar-refractivity contribution in [3.63, 3.8) is 0 Å². The Balaban J connectivity index is 0.00000304. The van der Waals surface area contributed by atoms with Crippen molar-refractivity contribution in [1.29, 1.82) is 0 Å². The zero-order valence-electron chi connectivity index (χ0n) is 19.9. The number of halogens is 3. The Morgan fingerprint density at radius 1 is 1.03 bits per heavy atom. The minimum absolute atomic E-state index is 0. The molecule has 1 atom stereocenters. The van der Waals surface area contributed by atoms with Gasteiger partial charge in [0.05, 0.1) is 5.56 Å². The number of hydrogen-bond donors (Lipinski definition) is 0. The van der Waals surface area contributed by atoms with Gasteiger partial charge in [-0.05, 0) is 88.1 Å². The van der Waals surface area contributed by atoms with Crippen LogP contribution in [-0.4, -0.2) is 41.3 Å². The van der Waals surface area contributed by atoms with Gasteiger partial charge in [0.25, 0.3) is 0 Å². The molecule has 8 heteroatoms. The van der Waals surface area contributed by atoms with Crippen LogP contribution in [0.5, 0.6) is 0 Å². The zero-order valence-corrected chi connectivity index (χ0v) is 20.7. The van der Waals surface area contributed by atoms with Crippen molar-refractivity contribution in [2.24, 2.45) is 11.8 Å². The van der Waals surface area contributed by atoms with E-state index in [1.807, 2.05) is 0 Å². The Morgan fingerprint density at radius 3 is 2.47 bits per heavy atom. The number of carbonyl (C=O) groups excluding carboxylic acids is 2. The summed E-state index contributed by atoms with van der Waals surface area (Å²) in [5, 5.41) is 4.02. The molecule has 1 saturated heterocycles. The van der Waals surface area contributed by atoms with Gasteiger partial charge in [-0.15, -0.1) is 12.4 Å². The normalized spacial score (nSPS) is 18.5. The molecule has 1 fully saturated rings. The van der Waals surface area contributed by atoms with E-state index in [4.69, 9.17) is 4.52 Å². The van der Waals surface area contributed by atoms with Crippen LogP contribution in [0.3, 0.4) is 0 Å². The summed E-state index contributed by atoms with van der Waals surface area (Å²) in [6.45, 7) is 2.55. The van der Waals surface area contributed by atoms with Gasteiger partial charge in [0, 0.05) is 29.4 Å². The molecule has 36 heavy (non-hydrogen) atoms. The number of ketones is 2. The highest BCUT2D eigenvalue weighted by Gasteiger charge is 2.34. The minimum atomic E-state index is -0.417. The molecule has 1 unspecified atom stereocenters. The predicted octanol–water partition coefficient (Wildman–Crippen LogP) is 6.16. The topological polar surface area (TPSA) is 63.4 Å². The molecule has 5 rings (SSSR count). The molecule has 0 N–H and O–H groups in total. The number of rotatable bonds is 7. The maximum Gasteiger partial charge on any atom is 0.171 e. The number of hydrogen-bond acceptors (Lipinski definition) is 5. The van der Waals surface area contributed by atoms with Crippen LogP contribution < -0.4 is 0 Å². The van der Waals surface area contributed by atoms with Gasteiger partial charge in [0.2, 0.25) is 0 Å². The van der Waals surface area contributed by atoms with Crippen LogP contribution in [0, 0.1) is 23.5 Å². The van der Waals surface area contributed by atoms with Crippen molar-refractivity contribution in [3.05, 3.63) is 77.1 Å². The summed E-state index contributed by atoms with van der Waals surface area (Å²) in [6, 6.07) is 12.1. The molecule has 3 aromatic rings. The Bertz CT molecular complexity index is 1220. The third-order valence-corrected chi connectivity index (χ3v) is 7.34. The first-order chi connectivity index (χ1) is 17.0. The summed E-state index contributed by atoms with van der Waals surface area (Å²) in [6.07, 6.45) is 4.55. The van der Waals surface area contributed by atoms with Crippen LogP contribution in [0.2, 0.25) is 0 Å². The molecular formula is C28H29ClF2N2O3. The average molecular weight is 515 g/mol. The highest BCUT2D eigenvalue weighted by molar-refractivity contribution is 6.04. The van der Waals surface area contributed by atoms with Gasteiger partial charge in [0.1, 0.15) is 23.1 Å². The summed E-state index contributed by atoms with van der Waals surface area (Å²) in [4.78, 5) is 28.3. The van der Waals surface area contributed by atoms with Crippen LogP contribution in [0.15, 0.2) is 53.1 Å². The number of benzene rings is 2. The number of aromatic nitrogens is 1. The molecule has 1 aliphatic heterocycles. The Kier molecular flexibility index (Phi) is 8.32. The van der Waals surface area contributed by atoms with Gasteiger partial charge >= 0.3 is 0 Å². The third kappa shape index (κ3) is 5.42. The van der Waals surface area contributed by atoms with Gasteiger partial charge in [-0.3, -0.25) is 9.59 Å². The number of carbonyl (C=O) groups is 2. The van der Waals surface area contributed by atoms with Crippen LogP contribution >= 0.6 is 12.4 Å². The van der Waals surface area contributed by atoms with Gasteiger partial charge in [-0.25, -0.2) is 8.78 Å². The average Bonchev–Trinajstić information content (AvgIpc) is 3.31. The van der Waals surface area contributed by atoms with E-state index in [0.29, 0.717) is 41.0 Å². The quantitative estimate of drug-likeness (QED) is 0.353. The van der Waals surface area contributed by atoms with E-state index in [2.05, 4.69) is 10.1 Å². The Labute approximate surface area is 215 Å². The number of aryl methyl sites for hydroxylation is 1. The molecule has 2 heterocycles. The second-order valence-electron chi connectivity index (χ2n) is 9.54. The number of nitrogens with zero attached hydrogens (tertiary/aromatic N) is 2. The number of likely N-dealkylation sites (tertiary alicyclic amines) is 1. The van der Waals surface area contributed by atoms with Crippen LogP contribution in [0.25, 0.3) is 11.3 Å². The van der Waals surface area contributed by atoms with E-state index in [0.717, 1.165) is 45.3 Å². The number of Topliss-reactive ketones (excluding diaryl/α,β-unsaturated/α-hetero) is 2. The summed E-state index contributed by atoms with van der Waals surface area (Å²) in [5.74, 6) is -0.263. The molecule has 0 spiro atoms. The lowest BCUT2D eigenvalue weighted by atomic mass is 9.82. The fraction of sp³-hybridized carbons (Fsp3) is 0.393. The first-order valence-electron chi connectivity index (χ1n) is 12.3. The minimum Gasteiger partial charge on any atom is -0.360 e. The standard InChI is InChI=1S/C28H28F2N2O3.ClH/c29-21-10-7-19(8-11-21)27(33)20-13-16-32(17-14-20)15-3-4-18-9-12-24-25(28(18)34)26(31-35-24)22-5-1-2-6-23(22)30;/h1-2,5-8,10-11,18,20H,3-4,9,12-17H2;1H. The summed E-state index contributed by atoms with van der Waals surface area (Å²) in [5.41, 5.74) is 1.61. The van der Waals surface area contributed by atoms with Gasteiger partial charge in [0.15, 0.2) is 11.6 Å². The van der Waals surface area contributed by atoms with Crippen molar-refractivity contribution < 1.29 is 22.9 Å². The van der Waals surface area contributed by atoms with Gasteiger partial charge in [-0.2, -0.15) is 0 Å². The first-order valence-corrected chi connectivity index (χ1v) is 12.3. The van der Waals surface area contributed by atoms with Crippen molar-refractivity contribution in [2.75, 3.05) is 19.6 Å². The monoisotopic (exact) mass is 514 g/mol. The largest absolute Gasteiger partial charge is 0.360 e. The Morgan fingerprint density at radius 2 is 1.75 bits per heavy atom. The second kappa shape index (κ2) is 11.4. The van der Waals surface area contributed by atoms with Crippen LogP contribution in [0.1, 0.15) is 58.6 Å². The first kappa shape index (κ1) is 26.2. The second-order valence-corrected chi connectivity index (χ2v) is 9.54. The molecular weight excluding hydrogens is 486 g/mol. The molecule has 5 nitrogen and oxygen atoms in total. The summed E-state index contributed by atoms with van der Waals surface area (Å²) >= 11 is 0. The summed E-state index contributed by atoms with van der Waals surface area (Å²) < 4.78 is 32.8. The van der Waals surface area contributed by atoms with Gasteiger partial charge in [-0.1, -0.05) is 17.3 Å². The van der Waals surface area contributed by atoms with E-state index in [1.165, 1.54) is 18.2 Å². The molecule has 0 saturated carbocycles. The van der Waals surface area contributed by atoms with E-state index in [1.54, 1.807) is 30.3 Å². The Hall–Kier alpha value is -2.90. The molecule has 1 aromatic heterocycles. The lowest BCUT2D eigenvalue weighted by molar-refractivity contribution is 0.0825. The highest BCUT2D eigenvalue weighted by Crippen LogP contribution is 2.36. The van der Waals surface area contributed by atoms with Gasteiger partial charge < -0.3 is 9.42 Å². The molecule has 190 valence electrons. The SMILES string of the molecule is Cl.O=C(c1ccc(F)cc1)C1CCN(CCCC2CCc3onc(-c4ccccc4F)c3C2=O)CC1. The number of fused-ring (bicyclic) bond motifs is 1. The van der Waals surface area contributed by atoms with Crippen molar-refractivity contribution in [3.8, 4) is 11.3 Å². The van der Waals surface area contributed by atoms with Crippen molar-refractivity contribution in [2.45, 2.75) is 38.5 Å². The molecule has 1 aliphatic carbocycles. The van der Waals surface area contributed by atoms with E-state index in [-0.39, 0.29) is 41.6 Å². The lowest BCUT2D eigenvalue weighted by Gasteiger charge is -2.31. The van der Waals surface area contributed by atoms with E-state index < -0.39 is 5.82 Å². The van der Waals surface area contributed by atoms with E-state index in [9.17, 15) is 18.4 Å². The lowest BCUT2D eigenvalue weighted by Crippen LogP contribution is -2.37. The molecule has 0 radical (unpaired) electrons. The fourth-order valence-electron chi connectivity index (χ4n) is 5.33. The van der Waals surface area contributed by atoms with Crippen LogP contribution in [0.4, 0.5) is 8.78 Å². The van der Waals surface area contributed by atoms with Crippen molar-refractivity contribution >= 4 is 24.0 Å². The number of piperidine rings is 1. The van der Waals surface area contributed by atoms with Crippen molar-refractivity contribution in [1.82, 2.24) is 10.1 Å². The van der Waals surface area contributed by atoms with E-state index >= 15 is 0 Å². The maximum atomic E-state index is 14.3. The maximum absolute atomic E-state index is 14.3. The molecule has 0 amide bonds. The molecule has 2 aliphatic rings. The zero-order chi connectivity index (χ0) is 24.4. The fourth-order valence-corrected chi connectivity index (χ4v) is 5.33. The highest BCUT2D eigenvalue weighted by atomic mass is 35.5. The molecule has 2 aromatic carbocycles. The predicted molar refractivity (Wildman–Crippen MR) is 134 cm³/mol. The summed E-state index contributed by atoms with van der Waals surface area (Å²) in [7, 11) is 0. The molecule has 0 bridgehead atoms. The third-order valence-electron chi connectivity index (χ3n) is 7.34. The smallest absolute Gasteiger partial charge is 0.171 e.